The number of likely N-dealkylation sites (N-methyl/N-ethyl adjacent to an activating group) is 1. The highest BCUT2D eigenvalue weighted by atomic mass is 32.1. The van der Waals surface area contributed by atoms with E-state index in [1.54, 1.807) is 11.3 Å². The van der Waals surface area contributed by atoms with Crippen molar-refractivity contribution in [3.63, 3.8) is 0 Å². The minimum absolute atomic E-state index is 0.0952. The number of carbonyl (C=O) groups is 1. The second-order valence-electron chi connectivity index (χ2n) is 4.49. The lowest BCUT2D eigenvalue weighted by atomic mass is 10.1. The van der Waals surface area contributed by atoms with Gasteiger partial charge in [0.2, 0.25) is 5.91 Å². The second kappa shape index (κ2) is 9.07. The van der Waals surface area contributed by atoms with Crippen LogP contribution >= 0.6 is 11.3 Å². The predicted molar refractivity (Wildman–Crippen MR) is 81.3 cm³/mol. The fourth-order valence-electron chi connectivity index (χ4n) is 2.15. The van der Waals surface area contributed by atoms with Gasteiger partial charge in [-0.05, 0) is 48.4 Å². The SMILES string of the molecule is CCN(CC)C(CNC(=O)CCCN)c1ccsc1. The molecule has 3 N–H and O–H groups in total. The second-order valence-corrected chi connectivity index (χ2v) is 5.27. The van der Waals surface area contributed by atoms with E-state index < -0.39 is 0 Å². The van der Waals surface area contributed by atoms with E-state index in [1.165, 1.54) is 5.56 Å². The van der Waals surface area contributed by atoms with Gasteiger partial charge in [0.15, 0.2) is 0 Å². The van der Waals surface area contributed by atoms with Crippen molar-refractivity contribution >= 4 is 17.2 Å². The van der Waals surface area contributed by atoms with Gasteiger partial charge >= 0.3 is 0 Å². The maximum Gasteiger partial charge on any atom is 0.220 e. The molecule has 0 aromatic carbocycles. The molecule has 0 bridgehead atoms. The molecule has 1 amide bonds. The first-order valence-corrected chi connectivity index (χ1v) is 7.90. The van der Waals surface area contributed by atoms with Gasteiger partial charge < -0.3 is 11.1 Å². The topological polar surface area (TPSA) is 58.4 Å². The molecule has 1 heterocycles. The lowest BCUT2D eigenvalue weighted by Crippen LogP contribution is -2.37. The summed E-state index contributed by atoms with van der Waals surface area (Å²) in [5, 5.41) is 7.27. The number of nitrogens with one attached hydrogen (secondary N) is 1. The van der Waals surface area contributed by atoms with E-state index >= 15 is 0 Å². The zero-order chi connectivity index (χ0) is 14.1. The molecule has 108 valence electrons. The van der Waals surface area contributed by atoms with Gasteiger partial charge in [-0.3, -0.25) is 9.69 Å². The quantitative estimate of drug-likeness (QED) is 0.728. The lowest BCUT2D eigenvalue weighted by Gasteiger charge is -2.29. The zero-order valence-corrected chi connectivity index (χ0v) is 12.7. The van der Waals surface area contributed by atoms with Gasteiger partial charge in [-0.25, -0.2) is 0 Å². The lowest BCUT2D eigenvalue weighted by molar-refractivity contribution is -0.121. The van der Waals surface area contributed by atoms with E-state index in [9.17, 15) is 4.79 Å². The Hall–Kier alpha value is -0.910. The number of nitrogens with two attached hydrogens (primary N) is 1. The van der Waals surface area contributed by atoms with E-state index in [4.69, 9.17) is 5.73 Å². The van der Waals surface area contributed by atoms with Crippen LogP contribution in [0.25, 0.3) is 0 Å². The monoisotopic (exact) mass is 283 g/mol. The fourth-order valence-corrected chi connectivity index (χ4v) is 2.86. The Balaban J connectivity index is 2.57. The molecule has 1 unspecified atom stereocenters. The van der Waals surface area contributed by atoms with Crippen molar-refractivity contribution in [1.29, 1.82) is 0 Å². The van der Waals surface area contributed by atoms with Crippen molar-refractivity contribution < 1.29 is 4.79 Å². The molecule has 0 radical (unpaired) electrons. The molecule has 0 spiro atoms. The number of thiophene rings is 1. The number of amides is 1. The summed E-state index contributed by atoms with van der Waals surface area (Å²) in [4.78, 5) is 14.1. The van der Waals surface area contributed by atoms with Crippen molar-refractivity contribution in [3.05, 3.63) is 22.4 Å². The maximum atomic E-state index is 11.7. The molecule has 4 nitrogen and oxygen atoms in total. The number of hydrogen-bond acceptors (Lipinski definition) is 4. The highest BCUT2D eigenvalue weighted by Gasteiger charge is 2.18. The number of hydrogen-bond donors (Lipinski definition) is 2. The predicted octanol–water partition coefficient (Wildman–Crippen LogP) is 1.99. The first-order chi connectivity index (χ1) is 9.22. The molecule has 0 saturated carbocycles. The Labute approximate surface area is 120 Å². The van der Waals surface area contributed by atoms with E-state index in [-0.39, 0.29) is 11.9 Å². The summed E-state index contributed by atoms with van der Waals surface area (Å²) in [6.07, 6.45) is 1.27. The van der Waals surface area contributed by atoms with Gasteiger partial charge in [0.05, 0.1) is 6.04 Å². The van der Waals surface area contributed by atoms with Crippen LogP contribution in [0.15, 0.2) is 16.8 Å². The highest BCUT2D eigenvalue weighted by Crippen LogP contribution is 2.22. The Morgan fingerprint density at radius 3 is 2.74 bits per heavy atom. The molecule has 19 heavy (non-hydrogen) atoms. The van der Waals surface area contributed by atoms with Gasteiger partial charge in [-0.15, -0.1) is 0 Å². The minimum Gasteiger partial charge on any atom is -0.354 e. The molecule has 1 aromatic heterocycles. The van der Waals surface area contributed by atoms with E-state index in [2.05, 4.69) is 40.9 Å². The Morgan fingerprint density at radius 2 is 2.21 bits per heavy atom. The fraction of sp³-hybridized carbons (Fsp3) is 0.643. The van der Waals surface area contributed by atoms with Gasteiger partial charge in [0, 0.05) is 13.0 Å². The molecular weight excluding hydrogens is 258 g/mol. The first kappa shape index (κ1) is 16.1. The third-order valence-electron chi connectivity index (χ3n) is 3.28. The largest absolute Gasteiger partial charge is 0.354 e. The molecule has 0 aliphatic carbocycles. The Morgan fingerprint density at radius 1 is 1.47 bits per heavy atom. The minimum atomic E-state index is 0.0952. The molecule has 1 rings (SSSR count). The third-order valence-corrected chi connectivity index (χ3v) is 3.98. The molecule has 0 saturated heterocycles. The van der Waals surface area contributed by atoms with Crippen LogP contribution < -0.4 is 11.1 Å². The summed E-state index contributed by atoms with van der Waals surface area (Å²) in [6.45, 7) is 7.50. The van der Waals surface area contributed by atoms with Crippen LogP contribution in [0.2, 0.25) is 0 Å². The summed E-state index contributed by atoms with van der Waals surface area (Å²) in [5.74, 6) is 0.0952. The van der Waals surface area contributed by atoms with Crippen molar-refractivity contribution in [2.75, 3.05) is 26.2 Å². The van der Waals surface area contributed by atoms with Crippen molar-refractivity contribution in [1.82, 2.24) is 10.2 Å². The average molecular weight is 283 g/mol. The van der Waals surface area contributed by atoms with Crippen LogP contribution in [0.5, 0.6) is 0 Å². The summed E-state index contributed by atoms with van der Waals surface area (Å²) in [6, 6.07) is 2.41. The molecule has 1 atom stereocenters. The highest BCUT2D eigenvalue weighted by molar-refractivity contribution is 7.07. The maximum absolute atomic E-state index is 11.7. The summed E-state index contributed by atoms with van der Waals surface area (Å²) < 4.78 is 0. The van der Waals surface area contributed by atoms with Crippen LogP contribution in [0, 0.1) is 0 Å². The molecule has 5 heteroatoms. The van der Waals surface area contributed by atoms with Crippen LogP contribution in [-0.2, 0) is 4.79 Å². The van der Waals surface area contributed by atoms with Crippen molar-refractivity contribution in [2.45, 2.75) is 32.7 Å². The summed E-state index contributed by atoms with van der Waals surface area (Å²) in [7, 11) is 0. The van der Waals surface area contributed by atoms with Gasteiger partial charge in [0.25, 0.3) is 0 Å². The smallest absolute Gasteiger partial charge is 0.220 e. The molecular formula is C14H25N3OS. The summed E-state index contributed by atoms with van der Waals surface area (Å²) >= 11 is 1.70. The van der Waals surface area contributed by atoms with Gasteiger partial charge in [-0.2, -0.15) is 11.3 Å². The molecule has 0 aliphatic heterocycles. The molecule has 0 fully saturated rings. The van der Waals surface area contributed by atoms with E-state index in [0.29, 0.717) is 19.5 Å². The normalized spacial score (nSPS) is 12.6. The van der Waals surface area contributed by atoms with Crippen LogP contribution in [0.4, 0.5) is 0 Å². The summed E-state index contributed by atoms with van der Waals surface area (Å²) in [5.41, 5.74) is 6.70. The zero-order valence-electron chi connectivity index (χ0n) is 11.9. The van der Waals surface area contributed by atoms with Crippen molar-refractivity contribution in [3.8, 4) is 0 Å². The van der Waals surface area contributed by atoms with Crippen molar-refractivity contribution in [2.24, 2.45) is 5.73 Å². The Kier molecular flexibility index (Phi) is 7.70. The number of nitrogens with zero attached hydrogens (tertiary/aromatic N) is 1. The van der Waals surface area contributed by atoms with Crippen LogP contribution in [0.1, 0.15) is 38.3 Å². The Bertz CT molecular complexity index is 350. The standard InChI is InChI=1S/C14H25N3OS/c1-3-17(4-2)13(12-7-9-19-11-12)10-16-14(18)6-5-8-15/h7,9,11,13H,3-6,8,10,15H2,1-2H3,(H,16,18). The average Bonchev–Trinajstić information content (AvgIpc) is 2.94. The van der Waals surface area contributed by atoms with E-state index in [0.717, 1.165) is 19.5 Å². The van der Waals surface area contributed by atoms with Gasteiger partial charge in [0.1, 0.15) is 0 Å². The van der Waals surface area contributed by atoms with Gasteiger partial charge in [-0.1, -0.05) is 13.8 Å². The number of rotatable bonds is 9. The molecule has 1 aromatic rings. The van der Waals surface area contributed by atoms with Crippen LogP contribution in [-0.4, -0.2) is 37.0 Å². The van der Waals surface area contributed by atoms with E-state index in [1.807, 2.05) is 0 Å². The first-order valence-electron chi connectivity index (χ1n) is 6.95. The molecule has 0 aliphatic rings. The number of carbonyl (C=O) groups excluding carboxylic acids is 1. The van der Waals surface area contributed by atoms with Crippen LogP contribution in [0.3, 0.4) is 0 Å². The third kappa shape index (κ3) is 5.30.